The minimum atomic E-state index is -4.05. The number of nitrogens with one attached hydrogen (secondary N) is 2. The molecular formula is C24H22Cl2FN7O3S. The van der Waals surface area contributed by atoms with Crippen LogP contribution in [0.15, 0.2) is 64.5 Å². The number of phenolic OH excluding ortho intramolecular Hbond substituents is 1. The van der Waals surface area contributed by atoms with E-state index >= 15 is 0 Å². The van der Waals surface area contributed by atoms with Crippen LogP contribution < -0.4 is 20.8 Å². The van der Waals surface area contributed by atoms with Gasteiger partial charge in [0.2, 0.25) is 5.96 Å². The lowest BCUT2D eigenvalue weighted by Crippen LogP contribution is -2.52. The fraction of sp³-hybridized carbons (Fsp3) is 0.167. The average Bonchev–Trinajstić information content (AvgIpc) is 2.89. The van der Waals surface area contributed by atoms with Crippen LogP contribution in [0.4, 0.5) is 15.8 Å². The predicted molar refractivity (Wildman–Crippen MR) is 144 cm³/mol. The molecule has 0 atom stereocenters. The van der Waals surface area contributed by atoms with Crippen molar-refractivity contribution in [2.24, 2.45) is 10.7 Å². The molecule has 3 aromatic carbocycles. The van der Waals surface area contributed by atoms with Crippen molar-refractivity contribution in [2.45, 2.75) is 4.90 Å². The highest BCUT2D eigenvalue weighted by Gasteiger charge is 2.26. The quantitative estimate of drug-likeness (QED) is 0.150. The number of aromatic hydroxyl groups is 1. The summed E-state index contributed by atoms with van der Waals surface area (Å²) in [6.45, 7) is 2.20. The largest absolute Gasteiger partial charge is 0.505 e. The zero-order valence-electron chi connectivity index (χ0n) is 19.7. The number of hydrogen-bond acceptors (Lipinski definition) is 7. The standard InChI is InChI=1S/C24H22Cl2FN7O3S/c25-16-8-9-18(31-24(29)34(14-28)19-6-3-5-17(27)22(19)26)23(35)21(16)15-4-1-2-7-20(15)38(36,37)32-33-12-10-30-11-13-33/h1-9,30,32,35H,10-13H2,(H2,29,31). The smallest absolute Gasteiger partial charge is 0.254 e. The second kappa shape index (κ2) is 11.5. The monoisotopic (exact) mass is 577 g/mol. The van der Waals surface area contributed by atoms with Crippen LogP contribution in [-0.4, -0.2) is 50.7 Å². The number of piperazine rings is 1. The van der Waals surface area contributed by atoms with Crippen LogP contribution >= 0.6 is 23.2 Å². The fourth-order valence-electron chi connectivity index (χ4n) is 3.85. The number of nitriles is 1. The van der Waals surface area contributed by atoms with Crippen molar-refractivity contribution < 1.29 is 17.9 Å². The summed E-state index contributed by atoms with van der Waals surface area (Å²) in [6, 6.07) is 12.6. The van der Waals surface area contributed by atoms with Crippen molar-refractivity contribution >= 4 is 50.6 Å². The zero-order valence-corrected chi connectivity index (χ0v) is 22.0. The van der Waals surface area contributed by atoms with Crippen LogP contribution in [0.3, 0.4) is 0 Å². The fourth-order valence-corrected chi connectivity index (χ4v) is 5.65. The van der Waals surface area contributed by atoms with Crippen molar-refractivity contribution in [3.05, 3.63) is 70.5 Å². The molecule has 0 aliphatic carbocycles. The molecule has 0 radical (unpaired) electrons. The second-order valence-electron chi connectivity index (χ2n) is 8.10. The summed E-state index contributed by atoms with van der Waals surface area (Å²) < 4.78 is 40.5. The van der Waals surface area contributed by atoms with Gasteiger partial charge in [-0.1, -0.05) is 47.5 Å². The number of nitrogens with two attached hydrogens (primary N) is 1. The van der Waals surface area contributed by atoms with E-state index in [9.17, 15) is 23.2 Å². The number of halogens is 3. The van der Waals surface area contributed by atoms with Gasteiger partial charge >= 0.3 is 0 Å². The first-order valence-electron chi connectivity index (χ1n) is 11.2. The number of hydrazine groups is 1. The number of benzene rings is 3. The molecule has 1 heterocycles. The number of hydrogen-bond donors (Lipinski definition) is 4. The van der Waals surface area contributed by atoms with E-state index in [2.05, 4.69) is 15.1 Å². The van der Waals surface area contributed by atoms with Crippen molar-refractivity contribution in [2.75, 3.05) is 31.1 Å². The molecule has 0 aromatic heterocycles. The molecule has 10 nitrogen and oxygen atoms in total. The summed E-state index contributed by atoms with van der Waals surface area (Å²) in [5.74, 6) is -1.67. The van der Waals surface area contributed by atoms with Crippen molar-refractivity contribution in [3.8, 4) is 23.1 Å². The summed E-state index contributed by atoms with van der Waals surface area (Å²) in [5, 5.41) is 25.2. The Hall–Kier alpha value is -3.44. The molecule has 198 valence electrons. The van der Waals surface area contributed by atoms with Gasteiger partial charge in [0.15, 0.2) is 11.9 Å². The minimum Gasteiger partial charge on any atom is -0.505 e. The summed E-state index contributed by atoms with van der Waals surface area (Å²) in [7, 11) is -4.05. The van der Waals surface area contributed by atoms with Crippen LogP contribution in [0.25, 0.3) is 11.1 Å². The van der Waals surface area contributed by atoms with Gasteiger partial charge < -0.3 is 16.2 Å². The second-order valence-corrected chi connectivity index (χ2v) is 10.5. The van der Waals surface area contributed by atoms with E-state index in [-0.39, 0.29) is 37.4 Å². The molecular weight excluding hydrogens is 556 g/mol. The maximum absolute atomic E-state index is 13.9. The van der Waals surface area contributed by atoms with Crippen molar-refractivity contribution in [3.63, 3.8) is 0 Å². The molecule has 3 aromatic rings. The average molecular weight is 578 g/mol. The summed E-state index contributed by atoms with van der Waals surface area (Å²) in [5.41, 5.74) is 5.97. The van der Waals surface area contributed by atoms with Crippen LogP contribution in [0.5, 0.6) is 5.75 Å². The Labute approximate surface area is 228 Å². The van der Waals surface area contributed by atoms with Gasteiger partial charge in [-0.15, -0.1) is 4.83 Å². The number of nitrogens with zero attached hydrogens (tertiary/aromatic N) is 4. The van der Waals surface area contributed by atoms with E-state index in [1.807, 2.05) is 0 Å². The molecule has 14 heteroatoms. The lowest BCUT2D eigenvalue weighted by Gasteiger charge is -2.27. The summed E-state index contributed by atoms with van der Waals surface area (Å²) in [6.07, 6.45) is 1.77. The van der Waals surface area contributed by atoms with Gasteiger partial charge in [0.25, 0.3) is 10.0 Å². The first-order chi connectivity index (χ1) is 18.1. The Kier molecular flexibility index (Phi) is 8.37. The molecule has 1 aliphatic rings. The highest BCUT2D eigenvalue weighted by molar-refractivity contribution is 7.89. The Morgan fingerprint density at radius 1 is 1.16 bits per heavy atom. The molecule has 38 heavy (non-hydrogen) atoms. The van der Waals surface area contributed by atoms with E-state index in [4.69, 9.17) is 28.9 Å². The third kappa shape index (κ3) is 5.68. The number of guanidine groups is 1. The minimum absolute atomic E-state index is 0.00528. The predicted octanol–water partition coefficient (Wildman–Crippen LogP) is 3.54. The number of phenols is 1. The molecule has 0 unspecified atom stereocenters. The third-order valence-electron chi connectivity index (χ3n) is 5.65. The Balaban J connectivity index is 1.77. The molecule has 5 N–H and O–H groups in total. The Morgan fingerprint density at radius 3 is 2.58 bits per heavy atom. The Morgan fingerprint density at radius 2 is 1.87 bits per heavy atom. The molecule has 0 amide bonds. The summed E-state index contributed by atoms with van der Waals surface area (Å²) in [4.78, 5) is 7.35. The van der Waals surface area contributed by atoms with Gasteiger partial charge in [-0.2, -0.15) is 5.26 Å². The van der Waals surface area contributed by atoms with E-state index < -0.39 is 27.5 Å². The van der Waals surface area contributed by atoms with Gasteiger partial charge in [0, 0.05) is 37.3 Å². The third-order valence-corrected chi connectivity index (χ3v) is 7.78. The molecule has 1 aliphatic heterocycles. The van der Waals surface area contributed by atoms with Crippen molar-refractivity contribution in [1.29, 1.82) is 5.26 Å². The molecule has 0 saturated carbocycles. The first kappa shape index (κ1) is 27.6. The maximum Gasteiger partial charge on any atom is 0.254 e. The lowest BCUT2D eigenvalue weighted by atomic mass is 10.0. The molecule has 1 saturated heterocycles. The van der Waals surface area contributed by atoms with Crippen LogP contribution in [0.1, 0.15) is 0 Å². The number of rotatable bonds is 6. The van der Waals surface area contributed by atoms with Gasteiger partial charge in [-0.3, -0.25) is 0 Å². The highest BCUT2D eigenvalue weighted by atomic mass is 35.5. The highest BCUT2D eigenvalue weighted by Crippen LogP contribution is 2.44. The lowest BCUT2D eigenvalue weighted by molar-refractivity contribution is 0.211. The normalized spacial score (nSPS) is 14.7. The molecule has 0 spiro atoms. The molecule has 4 rings (SSSR count). The van der Waals surface area contributed by atoms with E-state index in [1.54, 1.807) is 23.3 Å². The molecule has 0 bridgehead atoms. The van der Waals surface area contributed by atoms with E-state index in [0.29, 0.717) is 26.2 Å². The number of anilines is 1. The Bertz CT molecular complexity index is 1540. The molecule has 1 fully saturated rings. The SMILES string of the molecule is N#CN(C(N)=Nc1ccc(Cl)c(-c2ccccc2S(=O)(=O)NN2CCNCC2)c1O)c1cccc(F)c1Cl. The van der Waals surface area contributed by atoms with Crippen LogP contribution in [0, 0.1) is 17.3 Å². The number of aliphatic imine (C=N–C) groups is 1. The van der Waals surface area contributed by atoms with Gasteiger partial charge in [-0.25, -0.2) is 27.7 Å². The maximum atomic E-state index is 13.9. The van der Waals surface area contributed by atoms with E-state index in [1.165, 1.54) is 36.4 Å². The summed E-state index contributed by atoms with van der Waals surface area (Å²) >= 11 is 12.4. The topological polar surface area (TPSA) is 147 Å². The van der Waals surface area contributed by atoms with Gasteiger partial charge in [0.1, 0.15) is 16.5 Å². The van der Waals surface area contributed by atoms with E-state index in [0.717, 1.165) is 11.0 Å². The van der Waals surface area contributed by atoms with Gasteiger partial charge in [0.05, 0.1) is 15.6 Å². The van der Waals surface area contributed by atoms with Crippen LogP contribution in [-0.2, 0) is 10.0 Å². The van der Waals surface area contributed by atoms with Crippen LogP contribution in [0.2, 0.25) is 10.0 Å². The van der Waals surface area contributed by atoms with Gasteiger partial charge in [-0.05, 0) is 30.3 Å². The first-order valence-corrected chi connectivity index (χ1v) is 13.4. The van der Waals surface area contributed by atoms with Crippen molar-refractivity contribution in [1.82, 2.24) is 15.2 Å². The number of sulfonamides is 1. The zero-order chi connectivity index (χ0) is 27.4.